The van der Waals surface area contributed by atoms with Crippen molar-refractivity contribution < 1.29 is 9.53 Å². The van der Waals surface area contributed by atoms with Gasteiger partial charge in [-0.15, -0.1) is 0 Å². The van der Waals surface area contributed by atoms with Crippen LogP contribution in [0.5, 0.6) is 5.75 Å². The second-order valence-electron chi connectivity index (χ2n) is 4.34. The maximum absolute atomic E-state index is 10.9. The van der Waals surface area contributed by atoms with E-state index in [1.807, 2.05) is 36.4 Å². The quantitative estimate of drug-likeness (QED) is 0.638. The molecule has 0 heterocycles. The summed E-state index contributed by atoms with van der Waals surface area (Å²) in [5, 5.41) is 9.79. The lowest BCUT2D eigenvalue weighted by atomic mass is 10.0. The minimum absolute atomic E-state index is 0.292. The summed E-state index contributed by atoms with van der Waals surface area (Å²) >= 11 is 5.84. The zero-order valence-electron chi connectivity index (χ0n) is 10.9. The van der Waals surface area contributed by atoms with Gasteiger partial charge in [0, 0.05) is 11.9 Å². The Morgan fingerprint density at radius 1 is 1.20 bits per heavy atom. The molecule has 0 amide bonds. The van der Waals surface area contributed by atoms with Gasteiger partial charge in [-0.3, -0.25) is 4.79 Å². The van der Waals surface area contributed by atoms with Crippen molar-refractivity contribution in [2.24, 2.45) is 0 Å². The van der Waals surface area contributed by atoms with Gasteiger partial charge in [0.05, 0.1) is 5.56 Å². The molecule has 2 aromatic rings. The highest BCUT2D eigenvalue weighted by Crippen LogP contribution is 2.21. The van der Waals surface area contributed by atoms with Gasteiger partial charge in [-0.1, -0.05) is 29.8 Å². The van der Waals surface area contributed by atoms with Crippen molar-refractivity contribution in [2.45, 2.75) is 13.3 Å². The Morgan fingerprint density at radius 3 is 2.45 bits per heavy atom. The number of rotatable bonds is 3. The van der Waals surface area contributed by atoms with E-state index in [2.05, 4.69) is 0 Å². The van der Waals surface area contributed by atoms with E-state index in [9.17, 15) is 4.79 Å². The topological polar surface area (TPSA) is 50.1 Å². The molecule has 0 unspecified atom stereocenters. The first-order valence-electron chi connectivity index (χ1n) is 6.04. The van der Waals surface area contributed by atoms with E-state index >= 15 is 0 Å². The highest BCUT2D eigenvalue weighted by Gasteiger charge is 2.07. The van der Waals surface area contributed by atoms with Gasteiger partial charge in [0.1, 0.15) is 11.8 Å². The van der Waals surface area contributed by atoms with Crippen LogP contribution in [0.15, 0.2) is 42.5 Å². The Labute approximate surface area is 122 Å². The monoisotopic (exact) mass is 285 g/mol. The molecule has 0 saturated carbocycles. The highest BCUT2D eigenvalue weighted by atomic mass is 35.5. The third-order valence-corrected chi connectivity index (χ3v) is 2.99. The van der Waals surface area contributed by atoms with Crippen LogP contribution >= 0.6 is 11.6 Å². The molecule has 0 atom stereocenters. The largest absolute Gasteiger partial charge is 0.425 e. The number of ether oxygens (including phenoxy) is 1. The van der Waals surface area contributed by atoms with Crippen molar-refractivity contribution in [3.63, 3.8) is 0 Å². The first kappa shape index (κ1) is 14.1. The molecular weight excluding hydrogens is 274 g/mol. The Morgan fingerprint density at radius 2 is 1.85 bits per heavy atom. The summed E-state index contributed by atoms with van der Waals surface area (Å²) in [6.07, 6.45) is 0.687. The van der Waals surface area contributed by atoms with E-state index in [1.165, 1.54) is 6.92 Å². The Balaban J connectivity index is 2.23. The van der Waals surface area contributed by atoms with Crippen LogP contribution in [0.3, 0.4) is 0 Å². The fourth-order valence-corrected chi connectivity index (χ4v) is 1.98. The number of esters is 1. The van der Waals surface area contributed by atoms with Gasteiger partial charge >= 0.3 is 5.97 Å². The molecule has 0 spiro atoms. The maximum atomic E-state index is 10.9. The van der Waals surface area contributed by atoms with Gasteiger partial charge in [-0.2, -0.15) is 5.26 Å². The van der Waals surface area contributed by atoms with Crippen molar-refractivity contribution >= 4 is 17.6 Å². The lowest BCUT2D eigenvalue weighted by Crippen LogP contribution is -2.03. The molecule has 0 bridgehead atoms. The van der Waals surface area contributed by atoms with Gasteiger partial charge in [0.25, 0.3) is 0 Å². The first-order valence-corrected chi connectivity index (χ1v) is 6.42. The van der Waals surface area contributed by atoms with Crippen molar-refractivity contribution in [1.29, 1.82) is 5.26 Å². The number of nitrogens with zero attached hydrogens (tertiary/aromatic N) is 1. The molecule has 4 heteroatoms. The minimum atomic E-state index is -0.438. The minimum Gasteiger partial charge on any atom is -0.425 e. The van der Waals surface area contributed by atoms with E-state index in [0.717, 1.165) is 11.1 Å². The lowest BCUT2D eigenvalue weighted by molar-refractivity contribution is -0.131. The fraction of sp³-hybridized carbons (Fsp3) is 0.125. The van der Waals surface area contributed by atoms with Gasteiger partial charge in [0.2, 0.25) is 0 Å². The van der Waals surface area contributed by atoms with Crippen molar-refractivity contribution in [1.82, 2.24) is 0 Å². The van der Waals surface area contributed by atoms with E-state index in [4.69, 9.17) is 21.6 Å². The molecule has 0 aliphatic rings. The zero-order chi connectivity index (χ0) is 14.5. The number of carbonyl (C=O) groups excluding carboxylic acids is 1. The van der Waals surface area contributed by atoms with E-state index in [-0.39, 0.29) is 0 Å². The fourth-order valence-electron chi connectivity index (χ4n) is 1.86. The average Bonchev–Trinajstić information content (AvgIpc) is 2.42. The molecule has 2 aromatic carbocycles. The van der Waals surface area contributed by atoms with E-state index < -0.39 is 5.97 Å². The lowest BCUT2D eigenvalue weighted by Gasteiger charge is -2.07. The molecule has 0 saturated heterocycles. The van der Waals surface area contributed by atoms with E-state index in [0.29, 0.717) is 22.8 Å². The molecule has 0 radical (unpaired) electrons. The number of carbonyl (C=O) groups is 1. The SMILES string of the molecule is CC(=O)Oc1ccc(Cc2ccc(Cl)cc2)cc1C#N. The van der Waals surface area contributed by atoms with Gasteiger partial charge in [-0.05, 0) is 41.8 Å². The van der Waals surface area contributed by atoms with Gasteiger partial charge in [-0.25, -0.2) is 0 Å². The average molecular weight is 286 g/mol. The summed E-state index contributed by atoms with van der Waals surface area (Å²) in [6, 6.07) is 14.8. The van der Waals surface area contributed by atoms with Gasteiger partial charge in [0.15, 0.2) is 0 Å². The number of hydrogen-bond acceptors (Lipinski definition) is 3. The van der Waals surface area contributed by atoms with Crippen LogP contribution in [-0.2, 0) is 11.2 Å². The highest BCUT2D eigenvalue weighted by molar-refractivity contribution is 6.30. The van der Waals surface area contributed by atoms with Crippen LogP contribution in [0, 0.1) is 11.3 Å². The third kappa shape index (κ3) is 3.59. The number of halogens is 1. The standard InChI is InChI=1S/C16H12ClNO2/c1-11(19)20-16-7-4-13(9-14(16)10-18)8-12-2-5-15(17)6-3-12/h2-7,9H,8H2,1H3. The molecule has 0 aliphatic carbocycles. The van der Waals surface area contributed by atoms with Crippen molar-refractivity contribution in [3.8, 4) is 11.8 Å². The molecule has 100 valence electrons. The van der Waals surface area contributed by atoms with Crippen LogP contribution in [0.1, 0.15) is 23.6 Å². The Hall–Kier alpha value is -2.31. The number of hydrogen-bond donors (Lipinski definition) is 0. The third-order valence-electron chi connectivity index (χ3n) is 2.74. The van der Waals surface area contributed by atoms with Crippen LogP contribution in [0.2, 0.25) is 5.02 Å². The molecule has 0 aliphatic heterocycles. The molecule has 2 rings (SSSR count). The van der Waals surface area contributed by atoms with Crippen molar-refractivity contribution in [3.05, 3.63) is 64.2 Å². The van der Waals surface area contributed by atoms with Crippen molar-refractivity contribution in [2.75, 3.05) is 0 Å². The summed E-state index contributed by atoms with van der Waals surface area (Å²) in [5.41, 5.74) is 2.42. The zero-order valence-corrected chi connectivity index (χ0v) is 11.6. The molecular formula is C16H12ClNO2. The van der Waals surface area contributed by atoms with E-state index in [1.54, 1.807) is 12.1 Å². The second-order valence-corrected chi connectivity index (χ2v) is 4.78. The molecule has 20 heavy (non-hydrogen) atoms. The Bertz CT molecular complexity index is 672. The number of benzene rings is 2. The maximum Gasteiger partial charge on any atom is 0.308 e. The van der Waals surface area contributed by atoms with Gasteiger partial charge < -0.3 is 4.74 Å². The predicted octanol–water partition coefficient (Wildman–Crippen LogP) is 3.73. The summed E-state index contributed by atoms with van der Waals surface area (Å²) in [7, 11) is 0. The summed E-state index contributed by atoms with van der Waals surface area (Å²) < 4.78 is 4.98. The molecule has 0 fully saturated rings. The summed E-state index contributed by atoms with van der Waals surface area (Å²) in [4.78, 5) is 10.9. The summed E-state index contributed by atoms with van der Waals surface area (Å²) in [5.74, 6) is -0.146. The first-order chi connectivity index (χ1) is 9.58. The van der Waals surface area contributed by atoms with Crippen LogP contribution in [-0.4, -0.2) is 5.97 Å². The van der Waals surface area contributed by atoms with Crippen LogP contribution in [0.4, 0.5) is 0 Å². The van der Waals surface area contributed by atoms with Crippen LogP contribution in [0.25, 0.3) is 0 Å². The Kier molecular flexibility index (Phi) is 4.39. The summed E-state index contributed by atoms with van der Waals surface area (Å²) in [6.45, 7) is 1.31. The predicted molar refractivity (Wildman–Crippen MR) is 76.7 cm³/mol. The molecule has 0 N–H and O–H groups in total. The van der Waals surface area contributed by atoms with Crippen LogP contribution < -0.4 is 4.74 Å². The normalized spacial score (nSPS) is 9.85. The molecule has 0 aromatic heterocycles. The number of nitriles is 1. The molecule has 3 nitrogen and oxygen atoms in total. The smallest absolute Gasteiger partial charge is 0.308 e. The second kappa shape index (κ2) is 6.23.